The summed E-state index contributed by atoms with van der Waals surface area (Å²) in [6.45, 7) is 10.5. The maximum atomic E-state index is 11.5. The van der Waals surface area contributed by atoms with Crippen molar-refractivity contribution >= 4 is 5.97 Å². The number of nitrogens with two attached hydrogens (primary N) is 1. The molecule has 0 aliphatic rings. The van der Waals surface area contributed by atoms with Crippen molar-refractivity contribution in [2.24, 2.45) is 11.7 Å². The molecule has 2 atom stereocenters. The van der Waals surface area contributed by atoms with E-state index in [1.807, 2.05) is 34.6 Å². The van der Waals surface area contributed by atoms with Crippen LogP contribution < -0.4 is 5.73 Å². The first-order chi connectivity index (χ1) is 7.28. The van der Waals surface area contributed by atoms with E-state index < -0.39 is 6.04 Å². The van der Waals surface area contributed by atoms with Crippen LogP contribution in [-0.4, -0.2) is 30.8 Å². The summed E-state index contributed by atoms with van der Waals surface area (Å²) in [6, 6.07) is -0.528. The standard InChI is InChI=1S/C12H25NO3/c1-6-9(2)10(13)11(14)15-7-8-16-12(3,4)5/h9-10H,6-8,13H2,1-5H3/t9-,10-/m0/s1. The molecule has 16 heavy (non-hydrogen) atoms. The Morgan fingerprint density at radius 2 is 1.88 bits per heavy atom. The van der Waals surface area contributed by atoms with Gasteiger partial charge in [0.2, 0.25) is 0 Å². The van der Waals surface area contributed by atoms with Crippen LogP contribution in [0.1, 0.15) is 41.0 Å². The predicted molar refractivity (Wildman–Crippen MR) is 64.1 cm³/mol. The Kier molecular flexibility index (Phi) is 6.60. The van der Waals surface area contributed by atoms with Crippen LogP contribution in [0.25, 0.3) is 0 Å². The van der Waals surface area contributed by atoms with Gasteiger partial charge in [-0.2, -0.15) is 0 Å². The Balaban J connectivity index is 3.74. The number of carbonyl (C=O) groups excluding carboxylic acids is 1. The molecular weight excluding hydrogens is 206 g/mol. The maximum Gasteiger partial charge on any atom is 0.323 e. The van der Waals surface area contributed by atoms with Gasteiger partial charge in [-0.1, -0.05) is 20.3 Å². The summed E-state index contributed by atoms with van der Waals surface area (Å²) in [5.74, 6) is -0.192. The minimum absolute atomic E-state index is 0.149. The van der Waals surface area contributed by atoms with Crippen molar-refractivity contribution in [3.8, 4) is 0 Å². The third-order valence-electron chi connectivity index (χ3n) is 2.39. The van der Waals surface area contributed by atoms with Crippen molar-refractivity contribution in [1.29, 1.82) is 0 Å². The van der Waals surface area contributed by atoms with Gasteiger partial charge in [0.25, 0.3) is 0 Å². The average Bonchev–Trinajstić information content (AvgIpc) is 2.20. The molecule has 0 spiro atoms. The lowest BCUT2D eigenvalue weighted by Gasteiger charge is -2.20. The monoisotopic (exact) mass is 231 g/mol. The molecule has 96 valence electrons. The molecule has 0 unspecified atom stereocenters. The summed E-state index contributed by atoms with van der Waals surface area (Å²) >= 11 is 0. The van der Waals surface area contributed by atoms with Crippen LogP contribution in [0.5, 0.6) is 0 Å². The molecule has 0 saturated carbocycles. The molecule has 0 bridgehead atoms. The van der Waals surface area contributed by atoms with Crippen LogP contribution >= 0.6 is 0 Å². The lowest BCUT2D eigenvalue weighted by Crippen LogP contribution is -2.38. The molecule has 0 radical (unpaired) electrons. The molecule has 4 nitrogen and oxygen atoms in total. The normalized spacial score (nSPS) is 15.6. The smallest absolute Gasteiger partial charge is 0.323 e. The van der Waals surface area contributed by atoms with Crippen molar-refractivity contribution in [1.82, 2.24) is 0 Å². The van der Waals surface area contributed by atoms with Crippen molar-refractivity contribution in [2.75, 3.05) is 13.2 Å². The van der Waals surface area contributed by atoms with E-state index in [0.717, 1.165) is 6.42 Å². The molecule has 0 rings (SSSR count). The van der Waals surface area contributed by atoms with Gasteiger partial charge in [0.1, 0.15) is 12.6 Å². The first-order valence-corrected chi connectivity index (χ1v) is 5.84. The quantitative estimate of drug-likeness (QED) is 0.558. The zero-order valence-electron chi connectivity index (χ0n) is 11.1. The molecule has 2 N–H and O–H groups in total. The molecule has 0 aliphatic carbocycles. The highest BCUT2D eigenvalue weighted by atomic mass is 16.6. The minimum atomic E-state index is -0.528. The van der Waals surface area contributed by atoms with Crippen LogP contribution in [0.4, 0.5) is 0 Å². The number of ether oxygens (including phenoxy) is 2. The molecule has 0 aromatic rings. The molecule has 0 aromatic carbocycles. The molecule has 0 amide bonds. The van der Waals surface area contributed by atoms with E-state index in [1.54, 1.807) is 0 Å². The van der Waals surface area contributed by atoms with Gasteiger partial charge in [-0.25, -0.2) is 0 Å². The summed E-state index contributed by atoms with van der Waals surface area (Å²) in [7, 11) is 0. The highest BCUT2D eigenvalue weighted by Crippen LogP contribution is 2.08. The maximum absolute atomic E-state index is 11.5. The summed E-state index contributed by atoms with van der Waals surface area (Å²) in [4.78, 5) is 11.5. The first-order valence-electron chi connectivity index (χ1n) is 5.84. The van der Waals surface area contributed by atoms with Crippen molar-refractivity contribution in [2.45, 2.75) is 52.7 Å². The van der Waals surface area contributed by atoms with Crippen LogP contribution in [0.15, 0.2) is 0 Å². The highest BCUT2D eigenvalue weighted by Gasteiger charge is 2.20. The van der Waals surface area contributed by atoms with Crippen LogP contribution in [0, 0.1) is 5.92 Å². The van der Waals surface area contributed by atoms with E-state index in [9.17, 15) is 4.79 Å². The molecule has 0 aromatic heterocycles. The van der Waals surface area contributed by atoms with E-state index in [2.05, 4.69) is 0 Å². The predicted octanol–water partition coefficient (Wildman–Crippen LogP) is 1.72. The lowest BCUT2D eigenvalue weighted by molar-refractivity contribution is -0.149. The topological polar surface area (TPSA) is 61.6 Å². The third-order valence-corrected chi connectivity index (χ3v) is 2.39. The van der Waals surface area contributed by atoms with Gasteiger partial charge >= 0.3 is 5.97 Å². The number of esters is 1. The second-order valence-electron chi connectivity index (χ2n) is 5.04. The van der Waals surface area contributed by atoms with E-state index in [4.69, 9.17) is 15.2 Å². The van der Waals surface area contributed by atoms with Gasteiger partial charge in [0.05, 0.1) is 12.2 Å². The van der Waals surface area contributed by atoms with Gasteiger partial charge in [0, 0.05) is 0 Å². The van der Waals surface area contributed by atoms with Gasteiger partial charge in [-0.05, 0) is 26.7 Å². The fourth-order valence-corrected chi connectivity index (χ4v) is 1.07. The lowest BCUT2D eigenvalue weighted by atomic mass is 10.0. The zero-order valence-corrected chi connectivity index (χ0v) is 11.1. The van der Waals surface area contributed by atoms with E-state index in [1.165, 1.54) is 0 Å². The minimum Gasteiger partial charge on any atom is -0.462 e. The van der Waals surface area contributed by atoms with E-state index in [-0.39, 0.29) is 24.1 Å². The molecule has 0 heterocycles. The fraction of sp³-hybridized carbons (Fsp3) is 0.917. The molecule has 0 saturated heterocycles. The van der Waals surface area contributed by atoms with Crippen molar-refractivity contribution < 1.29 is 14.3 Å². The van der Waals surface area contributed by atoms with Crippen LogP contribution in [0.3, 0.4) is 0 Å². The Labute approximate surface area is 98.5 Å². The highest BCUT2D eigenvalue weighted by molar-refractivity contribution is 5.75. The SMILES string of the molecule is CC[C@H](C)[C@H](N)C(=O)OCCOC(C)(C)C. The summed E-state index contributed by atoms with van der Waals surface area (Å²) in [6.07, 6.45) is 0.870. The number of hydrogen-bond acceptors (Lipinski definition) is 4. The van der Waals surface area contributed by atoms with Crippen molar-refractivity contribution in [3.63, 3.8) is 0 Å². The second kappa shape index (κ2) is 6.86. The fourth-order valence-electron chi connectivity index (χ4n) is 1.07. The Morgan fingerprint density at radius 1 is 1.31 bits per heavy atom. The molecule has 4 heteroatoms. The number of rotatable bonds is 6. The first kappa shape index (κ1) is 15.4. The average molecular weight is 231 g/mol. The van der Waals surface area contributed by atoms with E-state index in [0.29, 0.717) is 6.61 Å². The Morgan fingerprint density at radius 3 is 2.31 bits per heavy atom. The Bertz CT molecular complexity index is 211. The van der Waals surface area contributed by atoms with Crippen molar-refractivity contribution in [3.05, 3.63) is 0 Å². The largest absolute Gasteiger partial charge is 0.462 e. The number of carbonyl (C=O) groups is 1. The van der Waals surface area contributed by atoms with Gasteiger partial charge < -0.3 is 15.2 Å². The molecule has 0 fully saturated rings. The molecular formula is C12H25NO3. The molecule has 0 aliphatic heterocycles. The van der Waals surface area contributed by atoms with Gasteiger partial charge in [0.15, 0.2) is 0 Å². The number of hydrogen-bond donors (Lipinski definition) is 1. The Hall–Kier alpha value is -0.610. The second-order valence-corrected chi connectivity index (χ2v) is 5.04. The van der Waals surface area contributed by atoms with Gasteiger partial charge in [-0.3, -0.25) is 4.79 Å². The van der Waals surface area contributed by atoms with Crippen LogP contribution in [-0.2, 0) is 14.3 Å². The summed E-state index contributed by atoms with van der Waals surface area (Å²) < 4.78 is 10.5. The zero-order chi connectivity index (χ0) is 12.8. The summed E-state index contributed by atoms with van der Waals surface area (Å²) in [5.41, 5.74) is 5.52. The summed E-state index contributed by atoms with van der Waals surface area (Å²) in [5, 5.41) is 0. The van der Waals surface area contributed by atoms with Gasteiger partial charge in [-0.15, -0.1) is 0 Å². The van der Waals surface area contributed by atoms with Crippen LogP contribution in [0.2, 0.25) is 0 Å². The van der Waals surface area contributed by atoms with E-state index >= 15 is 0 Å². The third kappa shape index (κ3) is 6.80.